The summed E-state index contributed by atoms with van der Waals surface area (Å²) in [6, 6.07) is -1.18. The summed E-state index contributed by atoms with van der Waals surface area (Å²) in [6.07, 6.45) is 9.56. The van der Waals surface area contributed by atoms with Crippen LogP contribution < -0.4 is 5.32 Å². The summed E-state index contributed by atoms with van der Waals surface area (Å²) in [7, 11) is 6.15. The Kier molecular flexibility index (Phi) is 30.9. The number of ether oxygens (including phenoxy) is 10. The van der Waals surface area contributed by atoms with Crippen molar-refractivity contribution in [2.45, 2.75) is 186 Å². The van der Waals surface area contributed by atoms with Gasteiger partial charge < -0.3 is 72.9 Å². The van der Waals surface area contributed by atoms with Crippen LogP contribution in [0.1, 0.15) is 126 Å². The molecule has 2 bridgehead atoms. The van der Waals surface area contributed by atoms with Gasteiger partial charge in [0.25, 0.3) is 11.7 Å². The first-order chi connectivity index (χ1) is 38.7. The highest BCUT2D eigenvalue weighted by Crippen LogP contribution is 2.38. The second-order valence-electron chi connectivity index (χ2n) is 22.9. The molecule has 462 valence electrons. The van der Waals surface area contributed by atoms with Crippen LogP contribution >= 0.6 is 0 Å². The summed E-state index contributed by atoms with van der Waals surface area (Å²) < 4.78 is 57.0. The summed E-state index contributed by atoms with van der Waals surface area (Å²) in [5, 5.41) is 38.5. The van der Waals surface area contributed by atoms with Crippen LogP contribution in [0, 0.1) is 35.5 Å². The number of ketones is 2. The molecule has 3 fully saturated rings. The summed E-state index contributed by atoms with van der Waals surface area (Å²) in [5.41, 5.74) is 1.27. The normalized spacial score (nSPS) is 34.7. The third-order valence-corrected chi connectivity index (χ3v) is 16.6. The van der Waals surface area contributed by atoms with E-state index in [1.807, 2.05) is 58.1 Å². The number of nitrogens with zero attached hydrogens (tertiary/aromatic N) is 1. The number of Topliss-reactive ketones (excluding diaryl/α,β-unsaturated/α-hetero) is 2. The molecule has 0 radical (unpaired) electrons. The molecule has 2 amide bonds. The van der Waals surface area contributed by atoms with E-state index in [9.17, 15) is 39.3 Å². The fraction of sp³-hybridized carbons (Fsp3) is 0.787. The maximum atomic E-state index is 14.6. The van der Waals surface area contributed by atoms with Gasteiger partial charge >= 0.3 is 12.1 Å². The number of carbonyl (C=O) groups is 5. The number of amides is 2. The number of nitrogens with one attached hydrogen (secondary N) is 1. The van der Waals surface area contributed by atoms with E-state index in [0.717, 1.165) is 5.57 Å². The number of aliphatic hydroxyl groups excluding tert-OH is 2. The third kappa shape index (κ3) is 21.9. The molecule has 20 nitrogen and oxygen atoms in total. The number of allylic oxidation sites excluding steroid dienone is 5. The molecule has 4 rings (SSSR count). The number of piperidine rings is 1. The lowest BCUT2D eigenvalue weighted by molar-refractivity contribution is -0.265. The van der Waals surface area contributed by atoms with Crippen molar-refractivity contribution in [2.75, 3.05) is 87.8 Å². The zero-order chi connectivity index (χ0) is 59.6. The van der Waals surface area contributed by atoms with Crippen LogP contribution in [-0.4, -0.2) is 198 Å². The highest BCUT2D eigenvalue weighted by atomic mass is 16.6. The zero-order valence-corrected chi connectivity index (χ0v) is 50.4. The quantitative estimate of drug-likeness (QED) is 0.0420. The van der Waals surface area contributed by atoms with Crippen molar-refractivity contribution in [2.24, 2.45) is 35.5 Å². The van der Waals surface area contributed by atoms with Crippen molar-refractivity contribution in [1.29, 1.82) is 0 Å². The molecule has 4 N–H and O–H groups in total. The molecular weight excluding hydrogens is 1050 g/mol. The maximum absolute atomic E-state index is 14.6. The summed E-state index contributed by atoms with van der Waals surface area (Å²) in [5.74, 6) is -7.77. The molecule has 2 saturated heterocycles. The van der Waals surface area contributed by atoms with Gasteiger partial charge in [0, 0.05) is 72.1 Å². The highest BCUT2D eigenvalue weighted by molar-refractivity contribution is 6.39. The molecule has 81 heavy (non-hydrogen) atoms. The van der Waals surface area contributed by atoms with Gasteiger partial charge in [-0.25, -0.2) is 9.59 Å². The van der Waals surface area contributed by atoms with E-state index in [1.54, 1.807) is 48.2 Å². The number of fused-ring (bicyclic) bond motifs is 3. The molecule has 4 aliphatic rings. The first-order valence-electron chi connectivity index (χ1n) is 29.5. The van der Waals surface area contributed by atoms with E-state index in [4.69, 9.17) is 47.4 Å². The van der Waals surface area contributed by atoms with Crippen LogP contribution in [0.25, 0.3) is 0 Å². The number of carbonyl (C=O) groups excluding carboxylic acids is 5. The predicted octanol–water partition coefficient (Wildman–Crippen LogP) is 6.40. The molecule has 0 spiro atoms. The molecule has 1 aliphatic carbocycles. The lowest BCUT2D eigenvalue weighted by Crippen LogP contribution is -2.61. The molecule has 0 aromatic carbocycles. The van der Waals surface area contributed by atoms with Crippen LogP contribution in [0.5, 0.6) is 0 Å². The molecular formula is C61H100N2O18. The number of alkyl carbamates (subject to hydrolysis) is 1. The summed E-state index contributed by atoms with van der Waals surface area (Å²) in [6.45, 7) is 16.1. The predicted molar refractivity (Wildman–Crippen MR) is 303 cm³/mol. The second-order valence-corrected chi connectivity index (χ2v) is 22.9. The number of aliphatic hydroxyl groups is 3. The number of hydrogen-bond donors (Lipinski definition) is 4. The van der Waals surface area contributed by atoms with E-state index < -0.39 is 96.1 Å². The van der Waals surface area contributed by atoms with E-state index >= 15 is 0 Å². The molecule has 3 heterocycles. The summed E-state index contributed by atoms with van der Waals surface area (Å²) >= 11 is 0. The Bertz CT molecular complexity index is 2070. The van der Waals surface area contributed by atoms with Crippen LogP contribution in [0.3, 0.4) is 0 Å². The molecule has 3 aliphatic heterocycles. The Morgan fingerprint density at radius 3 is 2.15 bits per heavy atom. The van der Waals surface area contributed by atoms with Crippen molar-refractivity contribution >= 4 is 29.5 Å². The molecule has 16 atom stereocenters. The van der Waals surface area contributed by atoms with Crippen molar-refractivity contribution in [3.63, 3.8) is 0 Å². The SMILES string of the molecule is COCCOCCOCCOCCNC(=O)O[C@@H]1CC[C@@H](C[C@@H](C)[C@@H](O)C[C@H]2OC(=O)[C@@H]3CCCCN3C(=O)C(=O)[C@]3(O)O[C@@H](CC[C@H]3C)C[C@H](OC)/C(C)=C/C=C/C=C/[C@@H](C)CC(C)C(=O)[C@H](OC)[C@H](O)/C(C)=C/[C@H]2C)C[C@H]1OC. The third-order valence-electron chi connectivity index (χ3n) is 16.6. The van der Waals surface area contributed by atoms with Gasteiger partial charge in [0.15, 0.2) is 5.78 Å². The number of esters is 1. The Labute approximate surface area is 481 Å². The van der Waals surface area contributed by atoms with Crippen molar-refractivity contribution in [3.8, 4) is 0 Å². The van der Waals surface area contributed by atoms with Crippen LogP contribution in [0.4, 0.5) is 4.79 Å². The number of hydrogen-bond acceptors (Lipinski definition) is 18. The minimum atomic E-state index is -2.45. The Hall–Kier alpha value is -3.93. The number of methoxy groups -OCH3 is 4. The molecule has 0 aromatic rings. The molecule has 0 aromatic heterocycles. The molecule has 20 heteroatoms. The zero-order valence-electron chi connectivity index (χ0n) is 50.4. The van der Waals surface area contributed by atoms with Gasteiger partial charge in [-0.15, -0.1) is 0 Å². The monoisotopic (exact) mass is 1150 g/mol. The average molecular weight is 1150 g/mol. The smallest absolute Gasteiger partial charge is 0.407 e. The minimum Gasteiger partial charge on any atom is -0.460 e. The first kappa shape index (κ1) is 69.6. The minimum absolute atomic E-state index is 0.00382. The Morgan fingerprint density at radius 1 is 0.790 bits per heavy atom. The standard InChI is InChI=1S/C61H100N2O18/c1-39-17-13-12-14-18-40(2)51(73-9)37-47-22-20-45(7)61(71,81-47)57(67)58(68)63-25-16-15-19-48(63)59(69)79-52(42(4)34-44(6)55(66)56(75-11)54(65)43(5)33-39)38-49(64)41(3)35-46-21-23-50(53(36-46)74-10)80-60(70)62-24-26-76-29-30-78-32-31-77-28-27-72-8/h12-14,17-18,34,39,41-43,45-53,55-56,64,66,71H,15-16,19-33,35-38H2,1-11H3,(H,62,70)/b14-12+,17-13+,40-18+,44-34+/t39-,41-,42-,43?,45-,46+,47+,48+,49+,50-,51+,52-,53-,55-,56+,61-/m1/s1. The fourth-order valence-corrected chi connectivity index (χ4v) is 11.5. The lowest BCUT2D eigenvalue weighted by Gasteiger charge is -2.42. The van der Waals surface area contributed by atoms with Gasteiger partial charge in [-0.05, 0) is 107 Å². The fourth-order valence-electron chi connectivity index (χ4n) is 11.5. The second kappa shape index (κ2) is 36.0. The van der Waals surface area contributed by atoms with Gasteiger partial charge in [0.2, 0.25) is 5.79 Å². The average Bonchev–Trinajstić information content (AvgIpc) is 3.58. The van der Waals surface area contributed by atoms with Gasteiger partial charge in [-0.1, -0.05) is 71.1 Å². The van der Waals surface area contributed by atoms with E-state index in [-0.39, 0.29) is 62.2 Å². The molecule has 1 saturated carbocycles. The van der Waals surface area contributed by atoms with Gasteiger partial charge in [-0.2, -0.15) is 0 Å². The summed E-state index contributed by atoms with van der Waals surface area (Å²) in [4.78, 5) is 71.3. The maximum Gasteiger partial charge on any atom is 0.407 e. The number of cyclic esters (lactones) is 1. The van der Waals surface area contributed by atoms with Crippen molar-refractivity contribution in [1.82, 2.24) is 10.2 Å². The Balaban J connectivity index is 1.51. The van der Waals surface area contributed by atoms with Crippen LogP contribution in [0.2, 0.25) is 0 Å². The van der Waals surface area contributed by atoms with Gasteiger partial charge in [-0.3, -0.25) is 14.4 Å². The van der Waals surface area contributed by atoms with Crippen LogP contribution in [-0.2, 0) is 66.5 Å². The van der Waals surface area contributed by atoms with E-state index in [2.05, 4.69) is 5.32 Å². The van der Waals surface area contributed by atoms with Gasteiger partial charge in [0.1, 0.15) is 30.5 Å². The van der Waals surface area contributed by atoms with E-state index in [0.29, 0.717) is 109 Å². The largest absolute Gasteiger partial charge is 0.460 e. The highest BCUT2D eigenvalue weighted by Gasteiger charge is 2.53. The van der Waals surface area contributed by atoms with E-state index in [1.165, 1.54) is 12.0 Å². The molecule has 1 unspecified atom stereocenters. The number of rotatable bonds is 21. The lowest BCUT2D eigenvalue weighted by atomic mass is 9.78. The topological polar surface area (TPSA) is 254 Å². The van der Waals surface area contributed by atoms with Crippen molar-refractivity contribution in [3.05, 3.63) is 47.6 Å². The van der Waals surface area contributed by atoms with Gasteiger partial charge in [0.05, 0.1) is 70.7 Å². The Morgan fingerprint density at radius 2 is 1.48 bits per heavy atom. The van der Waals surface area contributed by atoms with Crippen LogP contribution in [0.15, 0.2) is 47.6 Å². The first-order valence-corrected chi connectivity index (χ1v) is 29.5. The van der Waals surface area contributed by atoms with Crippen molar-refractivity contribution < 1.29 is 86.7 Å².